The van der Waals surface area contributed by atoms with Gasteiger partial charge in [-0.25, -0.2) is 4.79 Å². The van der Waals surface area contributed by atoms with E-state index >= 15 is 0 Å². The highest BCUT2D eigenvalue weighted by Gasteiger charge is 2.37. The van der Waals surface area contributed by atoms with Crippen molar-refractivity contribution in [1.29, 1.82) is 0 Å². The SMILES string of the molecule is CC(NCC1(N(C)C)CCCC1)C1CCCN(C(=O)OC(C)(C)C)C1. The van der Waals surface area contributed by atoms with E-state index in [2.05, 4.69) is 31.2 Å². The van der Waals surface area contributed by atoms with Crippen molar-refractivity contribution in [2.24, 2.45) is 5.92 Å². The quantitative estimate of drug-likeness (QED) is 0.822. The summed E-state index contributed by atoms with van der Waals surface area (Å²) in [4.78, 5) is 16.7. The van der Waals surface area contributed by atoms with E-state index in [0.29, 0.717) is 17.5 Å². The van der Waals surface area contributed by atoms with Crippen LogP contribution in [-0.4, -0.2) is 66.8 Å². The Bertz CT molecular complexity index is 439. The molecular weight excluding hydrogens is 314 g/mol. The molecule has 0 bridgehead atoms. The zero-order valence-corrected chi connectivity index (χ0v) is 17.2. The molecule has 0 radical (unpaired) electrons. The minimum Gasteiger partial charge on any atom is -0.444 e. The second-order valence-electron chi connectivity index (χ2n) is 9.32. The van der Waals surface area contributed by atoms with Crippen LogP contribution in [0.1, 0.15) is 66.2 Å². The Kier molecular flexibility index (Phi) is 6.77. The molecule has 2 atom stereocenters. The first-order chi connectivity index (χ1) is 11.6. The van der Waals surface area contributed by atoms with Crippen molar-refractivity contribution in [3.63, 3.8) is 0 Å². The van der Waals surface area contributed by atoms with Crippen molar-refractivity contribution >= 4 is 6.09 Å². The summed E-state index contributed by atoms with van der Waals surface area (Å²) < 4.78 is 5.55. The van der Waals surface area contributed by atoms with Crippen molar-refractivity contribution in [3.05, 3.63) is 0 Å². The Labute approximate surface area is 154 Å². The summed E-state index contributed by atoms with van der Waals surface area (Å²) in [6, 6.07) is 0.419. The van der Waals surface area contributed by atoms with Gasteiger partial charge in [0.15, 0.2) is 0 Å². The molecule has 1 aliphatic heterocycles. The fraction of sp³-hybridized carbons (Fsp3) is 0.950. The topological polar surface area (TPSA) is 44.8 Å². The van der Waals surface area contributed by atoms with Gasteiger partial charge in [-0.15, -0.1) is 0 Å². The Morgan fingerprint density at radius 2 is 1.92 bits per heavy atom. The average molecular weight is 354 g/mol. The van der Waals surface area contributed by atoms with Gasteiger partial charge < -0.3 is 19.9 Å². The molecule has 5 heteroatoms. The van der Waals surface area contributed by atoms with Crippen LogP contribution in [-0.2, 0) is 4.74 Å². The number of rotatable bonds is 5. The van der Waals surface area contributed by atoms with Crippen LogP contribution >= 0.6 is 0 Å². The molecule has 1 amide bonds. The second-order valence-corrected chi connectivity index (χ2v) is 9.32. The molecule has 1 N–H and O–H groups in total. The highest BCUT2D eigenvalue weighted by molar-refractivity contribution is 5.68. The van der Waals surface area contributed by atoms with Crippen LogP contribution in [0.15, 0.2) is 0 Å². The maximum Gasteiger partial charge on any atom is 0.410 e. The Balaban J connectivity index is 1.86. The van der Waals surface area contributed by atoms with Crippen molar-refractivity contribution in [2.45, 2.75) is 83.4 Å². The third-order valence-corrected chi connectivity index (χ3v) is 6.05. The summed E-state index contributed by atoms with van der Waals surface area (Å²) in [6.07, 6.45) is 7.33. The molecule has 2 aliphatic rings. The first-order valence-electron chi connectivity index (χ1n) is 10.0. The van der Waals surface area contributed by atoms with E-state index in [1.807, 2.05) is 25.7 Å². The molecule has 0 aromatic carbocycles. The van der Waals surface area contributed by atoms with E-state index in [-0.39, 0.29) is 6.09 Å². The smallest absolute Gasteiger partial charge is 0.410 e. The molecule has 2 unspecified atom stereocenters. The lowest BCUT2D eigenvalue weighted by molar-refractivity contribution is 0.0144. The Hall–Kier alpha value is -0.810. The highest BCUT2D eigenvalue weighted by atomic mass is 16.6. The maximum atomic E-state index is 12.4. The molecule has 0 spiro atoms. The molecule has 1 saturated carbocycles. The number of likely N-dealkylation sites (tertiary alicyclic amines) is 1. The number of hydrogen-bond acceptors (Lipinski definition) is 4. The van der Waals surface area contributed by atoms with Gasteiger partial charge in [0.25, 0.3) is 0 Å². The first-order valence-corrected chi connectivity index (χ1v) is 10.0. The van der Waals surface area contributed by atoms with Crippen LogP contribution in [0.3, 0.4) is 0 Å². The van der Waals surface area contributed by atoms with E-state index in [9.17, 15) is 4.79 Å². The lowest BCUT2D eigenvalue weighted by Gasteiger charge is -2.40. The Morgan fingerprint density at radius 1 is 1.28 bits per heavy atom. The fourth-order valence-electron chi connectivity index (χ4n) is 4.24. The highest BCUT2D eigenvalue weighted by Crippen LogP contribution is 2.33. The van der Waals surface area contributed by atoms with Gasteiger partial charge in [-0.2, -0.15) is 0 Å². The first kappa shape index (κ1) is 20.5. The number of carbonyl (C=O) groups excluding carboxylic acids is 1. The average Bonchev–Trinajstić information content (AvgIpc) is 3.01. The molecule has 2 rings (SSSR count). The molecule has 1 saturated heterocycles. The van der Waals surface area contributed by atoms with Crippen LogP contribution < -0.4 is 5.32 Å². The third-order valence-electron chi connectivity index (χ3n) is 6.05. The van der Waals surface area contributed by atoms with Gasteiger partial charge in [-0.1, -0.05) is 12.8 Å². The number of likely N-dealkylation sites (N-methyl/N-ethyl adjacent to an activating group) is 1. The zero-order chi connectivity index (χ0) is 18.7. The number of piperidine rings is 1. The monoisotopic (exact) mass is 353 g/mol. The van der Waals surface area contributed by atoms with E-state index in [1.165, 1.54) is 32.1 Å². The summed E-state index contributed by atoms with van der Waals surface area (Å²) >= 11 is 0. The molecule has 2 fully saturated rings. The second kappa shape index (κ2) is 8.26. The predicted molar refractivity (Wildman–Crippen MR) is 103 cm³/mol. The molecular formula is C20H39N3O2. The van der Waals surface area contributed by atoms with Gasteiger partial charge in [0.05, 0.1) is 0 Å². The van der Waals surface area contributed by atoms with Gasteiger partial charge in [-0.05, 0) is 73.4 Å². The lowest BCUT2D eigenvalue weighted by atomic mass is 9.90. The molecule has 1 aliphatic carbocycles. The van der Waals surface area contributed by atoms with Crippen molar-refractivity contribution in [1.82, 2.24) is 15.1 Å². The van der Waals surface area contributed by atoms with Gasteiger partial charge in [0, 0.05) is 31.2 Å². The van der Waals surface area contributed by atoms with Gasteiger partial charge in [0.1, 0.15) is 5.60 Å². The molecule has 25 heavy (non-hydrogen) atoms. The van der Waals surface area contributed by atoms with Gasteiger partial charge in [0.2, 0.25) is 0 Å². The summed E-state index contributed by atoms with van der Waals surface area (Å²) in [5, 5.41) is 3.80. The number of ether oxygens (including phenoxy) is 1. The fourth-order valence-corrected chi connectivity index (χ4v) is 4.24. The van der Waals surface area contributed by atoms with Crippen molar-refractivity contribution in [3.8, 4) is 0 Å². The van der Waals surface area contributed by atoms with Crippen LogP contribution in [0.25, 0.3) is 0 Å². The Morgan fingerprint density at radius 3 is 2.48 bits per heavy atom. The number of amides is 1. The van der Waals surface area contributed by atoms with Gasteiger partial charge >= 0.3 is 6.09 Å². The van der Waals surface area contributed by atoms with Crippen LogP contribution in [0, 0.1) is 5.92 Å². The standard InChI is InChI=1S/C20H39N3O2/c1-16(21-15-20(22(5)6)11-7-8-12-20)17-10-9-13-23(14-17)18(24)25-19(2,3)4/h16-17,21H,7-15H2,1-6H3. The molecule has 1 heterocycles. The van der Waals surface area contributed by atoms with Crippen LogP contribution in [0.5, 0.6) is 0 Å². The minimum absolute atomic E-state index is 0.162. The van der Waals surface area contributed by atoms with Gasteiger partial charge in [-0.3, -0.25) is 0 Å². The number of carbonyl (C=O) groups is 1. The van der Waals surface area contributed by atoms with Crippen LogP contribution in [0.4, 0.5) is 4.79 Å². The lowest BCUT2D eigenvalue weighted by Crippen LogP contribution is -2.54. The van der Waals surface area contributed by atoms with Crippen LogP contribution in [0.2, 0.25) is 0 Å². The van der Waals surface area contributed by atoms with E-state index in [0.717, 1.165) is 26.1 Å². The minimum atomic E-state index is -0.422. The summed E-state index contributed by atoms with van der Waals surface area (Å²) in [5.41, 5.74) is -0.109. The molecule has 146 valence electrons. The van der Waals surface area contributed by atoms with E-state index in [1.54, 1.807) is 0 Å². The summed E-state index contributed by atoms with van der Waals surface area (Å²) in [6.45, 7) is 10.7. The zero-order valence-electron chi connectivity index (χ0n) is 17.2. The normalized spacial score (nSPS) is 25.2. The summed E-state index contributed by atoms with van der Waals surface area (Å²) in [7, 11) is 4.42. The van der Waals surface area contributed by atoms with E-state index in [4.69, 9.17) is 4.74 Å². The number of hydrogen-bond donors (Lipinski definition) is 1. The van der Waals surface area contributed by atoms with Crippen molar-refractivity contribution in [2.75, 3.05) is 33.7 Å². The molecule has 0 aromatic heterocycles. The largest absolute Gasteiger partial charge is 0.444 e. The molecule has 5 nitrogen and oxygen atoms in total. The predicted octanol–water partition coefficient (Wildman–Crippen LogP) is 3.49. The number of nitrogens with zero attached hydrogens (tertiary/aromatic N) is 2. The maximum absolute atomic E-state index is 12.4. The van der Waals surface area contributed by atoms with E-state index < -0.39 is 5.60 Å². The molecule has 0 aromatic rings. The summed E-state index contributed by atoms with van der Waals surface area (Å²) in [5.74, 6) is 0.502. The third kappa shape index (κ3) is 5.58. The number of nitrogens with one attached hydrogen (secondary N) is 1. The van der Waals surface area contributed by atoms with Crippen molar-refractivity contribution < 1.29 is 9.53 Å².